The summed E-state index contributed by atoms with van der Waals surface area (Å²) in [5.41, 5.74) is 2.88. The summed E-state index contributed by atoms with van der Waals surface area (Å²) in [4.78, 5) is 8.60. The van der Waals surface area contributed by atoms with Crippen LogP contribution in [0.5, 0.6) is 11.5 Å². The van der Waals surface area contributed by atoms with Crippen LogP contribution in [0.15, 0.2) is 24.5 Å². The van der Waals surface area contributed by atoms with Crippen LogP contribution in [0.2, 0.25) is 0 Å². The molecule has 5 heteroatoms. The van der Waals surface area contributed by atoms with E-state index in [0.717, 1.165) is 34.1 Å². The minimum Gasteiger partial charge on any atom is -0.490 e. The third-order valence-corrected chi connectivity index (χ3v) is 3.14. The lowest BCUT2D eigenvalue weighted by Crippen LogP contribution is -2.01. The van der Waals surface area contributed by atoms with Gasteiger partial charge in [-0.15, -0.1) is 0 Å². The van der Waals surface area contributed by atoms with Gasteiger partial charge in [0.2, 0.25) is 0 Å². The van der Waals surface area contributed by atoms with Crippen molar-refractivity contribution >= 4 is 5.82 Å². The molecule has 0 saturated carbocycles. The van der Waals surface area contributed by atoms with Crippen LogP contribution in [0.4, 0.5) is 5.82 Å². The maximum atomic E-state index is 5.66. The van der Waals surface area contributed by atoms with E-state index in [-0.39, 0.29) is 0 Å². The Hall–Kier alpha value is -2.30. The summed E-state index contributed by atoms with van der Waals surface area (Å²) in [6.07, 6.45) is 1.56. The first-order valence-corrected chi connectivity index (χ1v) is 7.10. The molecule has 21 heavy (non-hydrogen) atoms. The fraction of sp³-hybridized carbons (Fsp3) is 0.375. The van der Waals surface area contributed by atoms with E-state index >= 15 is 0 Å². The number of benzene rings is 1. The largest absolute Gasteiger partial charge is 0.490 e. The Morgan fingerprint density at radius 1 is 1.05 bits per heavy atom. The Morgan fingerprint density at radius 3 is 2.43 bits per heavy atom. The van der Waals surface area contributed by atoms with Crippen molar-refractivity contribution in [3.63, 3.8) is 0 Å². The average Bonchev–Trinajstić information content (AvgIpc) is 2.50. The zero-order valence-corrected chi connectivity index (χ0v) is 12.9. The topological polar surface area (TPSA) is 56.3 Å². The fourth-order valence-electron chi connectivity index (χ4n) is 2.19. The number of rotatable bonds is 6. The first kappa shape index (κ1) is 15.1. The van der Waals surface area contributed by atoms with Crippen LogP contribution in [0.25, 0.3) is 11.3 Å². The summed E-state index contributed by atoms with van der Waals surface area (Å²) in [7, 11) is 1.85. The number of hydrogen-bond donors (Lipinski definition) is 1. The molecular formula is C16H21N3O2. The maximum absolute atomic E-state index is 5.66. The van der Waals surface area contributed by atoms with Gasteiger partial charge in [0, 0.05) is 18.2 Å². The highest BCUT2D eigenvalue weighted by atomic mass is 16.5. The zero-order chi connectivity index (χ0) is 15.2. The zero-order valence-electron chi connectivity index (χ0n) is 12.9. The van der Waals surface area contributed by atoms with Crippen LogP contribution in [-0.2, 0) is 0 Å². The van der Waals surface area contributed by atoms with Gasteiger partial charge in [-0.1, -0.05) is 0 Å². The number of hydrogen-bond acceptors (Lipinski definition) is 5. The molecule has 0 atom stereocenters. The highest BCUT2D eigenvalue weighted by Crippen LogP contribution is 2.34. The third kappa shape index (κ3) is 3.24. The summed E-state index contributed by atoms with van der Waals surface area (Å²) in [5, 5.41) is 3.07. The fourth-order valence-corrected chi connectivity index (χ4v) is 2.19. The van der Waals surface area contributed by atoms with Crippen LogP contribution < -0.4 is 14.8 Å². The molecule has 0 aliphatic heterocycles. The summed E-state index contributed by atoms with van der Waals surface area (Å²) in [5.74, 6) is 2.32. The Balaban J connectivity index is 2.47. The van der Waals surface area contributed by atoms with Gasteiger partial charge in [-0.05, 0) is 39.0 Å². The smallest absolute Gasteiger partial charge is 0.161 e. The van der Waals surface area contributed by atoms with Crippen LogP contribution in [0, 0.1) is 6.92 Å². The molecule has 0 bridgehead atoms. The lowest BCUT2D eigenvalue weighted by molar-refractivity contribution is 0.288. The second-order valence-electron chi connectivity index (χ2n) is 4.47. The Kier molecular flexibility index (Phi) is 4.98. The molecule has 0 aliphatic carbocycles. The molecule has 0 saturated heterocycles. The van der Waals surface area contributed by atoms with Crippen molar-refractivity contribution in [2.24, 2.45) is 0 Å². The first-order valence-electron chi connectivity index (χ1n) is 7.10. The van der Waals surface area contributed by atoms with E-state index in [1.807, 2.05) is 46.0 Å². The molecule has 2 aromatic rings. The highest BCUT2D eigenvalue weighted by Gasteiger charge is 2.12. The molecule has 0 fully saturated rings. The molecule has 5 nitrogen and oxygen atoms in total. The number of ether oxygens (including phenoxy) is 2. The van der Waals surface area contributed by atoms with Gasteiger partial charge in [0.05, 0.1) is 18.9 Å². The van der Waals surface area contributed by atoms with Gasteiger partial charge in [0.25, 0.3) is 0 Å². The minimum absolute atomic E-state index is 0.591. The molecule has 1 aromatic carbocycles. The first-order chi connectivity index (χ1) is 10.2. The van der Waals surface area contributed by atoms with Crippen molar-refractivity contribution in [2.75, 3.05) is 25.6 Å². The second-order valence-corrected chi connectivity index (χ2v) is 4.47. The lowest BCUT2D eigenvalue weighted by atomic mass is 10.1. The van der Waals surface area contributed by atoms with Crippen LogP contribution in [0.3, 0.4) is 0 Å². The van der Waals surface area contributed by atoms with Gasteiger partial charge in [-0.2, -0.15) is 0 Å². The number of anilines is 1. The Morgan fingerprint density at radius 2 is 1.76 bits per heavy atom. The summed E-state index contributed by atoms with van der Waals surface area (Å²) < 4.78 is 11.2. The minimum atomic E-state index is 0.591. The second kappa shape index (κ2) is 6.92. The van der Waals surface area contributed by atoms with Crippen molar-refractivity contribution in [1.29, 1.82) is 0 Å². The molecule has 0 unspecified atom stereocenters. The summed E-state index contributed by atoms with van der Waals surface area (Å²) >= 11 is 0. The number of nitrogens with zero attached hydrogens (tertiary/aromatic N) is 2. The van der Waals surface area contributed by atoms with Gasteiger partial charge in [0.1, 0.15) is 12.1 Å². The molecule has 112 valence electrons. The van der Waals surface area contributed by atoms with E-state index in [4.69, 9.17) is 9.47 Å². The maximum Gasteiger partial charge on any atom is 0.161 e. The lowest BCUT2D eigenvalue weighted by Gasteiger charge is -2.14. The van der Waals surface area contributed by atoms with Crippen LogP contribution in [-0.4, -0.2) is 30.2 Å². The molecule has 0 spiro atoms. The van der Waals surface area contributed by atoms with Crippen molar-refractivity contribution in [2.45, 2.75) is 20.8 Å². The van der Waals surface area contributed by atoms with Gasteiger partial charge >= 0.3 is 0 Å². The van der Waals surface area contributed by atoms with Crippen molar-refractivity contribution in [3.8, 4) is 22.8 Å². The third-order valence-electron chi connectivity index (χ3n) is 3.14. The predicted molar refractivity (Wildman–Crippen MR) is 84.1 cm³/mol. The number of nitrogens with one attached hydrogen (secondary N) is 1. The average molecular weight is 287 g/mol. The molecule has 2 rings (SSSR count). The summed E-state index contributed by atoms with van der Waals surface area (Å²) in [6.45, 7) is 7.11. The van der Waals surface area contributed by atoms with E-state index in [1.54, 1.807) is 6.33 Å². The van der Waals surface area contributed by atoms with E-state index < -0.39 is 0 Å². The quantitative estimate of drug-likeness (QED) is 0.883. The normalized spacial score (nSPS) is 10.3. The molecule has 0 amide bonds. The van der Waals surface area contributed by atoms with E-state index in [9.17, 15) is 0 Å². The van der Waals surface area contributed by atoms with Gasteiger partial charge in [-0.25, -0.2) is 9.97 Å². The molecule has 0 radical (unpaired) electrons. The van der Waals surface area contributed by atoms with Gasteiger partial charge in [0.15, 0.2) is 11.5 Å². The molecule has 0 aliphatic rings. The van der Waals surface area contributed by atoms with Crippen molar-refractivity contribution in [1.82, 2.24) is 9.97 Å². The number of aromatic nitrogens is 2. The Labute approximate surface area is 125 Å². The van der Waals surface area contributed by atoms with E-state index in [2.05, 4.69) is 15.3 Å². The molecule has 1 heterocycles. The van der Waals surface area contributed by atoms with E-state index in [1.165, 1.54) is 0 Å². The Bertz CT molecular complexity index is 614. The molecule has 1 N–H and O–H groups in total. The highest BCUT2D eigenvalue weighted by molar-refractivity contribution is 5.70. The van der Waals surface area contributed by atoms with Crippen LogP contribution >= 0.6 is 0 Å². The molecular weight excluding hydrogens is 266 g/mol. The predicted octanol–water partition coefficient (Wildman–Crippen LogP) is 3.29. The van der Waals surface area contributed by atoms with Crippen molar-refractivity contribution in [3.05, 3.63) is 30.1 Å². The van der Waals surface area contributed by atoms with Gasteiger partial charge in [-0.3, -0.25) is 0 Å². The van der Waals surface area contributed by atoms with Crippen LogP contribution in [0.1, 0.15) is 19.4 Å². The molecule has 1 aromatic heterocycles. The SMILES string of the molecule is CCOc1ccc(-c2ncnc(NC)c2C)cc1OCC. The van der Waals surface area contributed by atoms with E-state index in [0.29, 0.717) is 13.2 Å². The standard InChI is InChI=1S/C16H21N3O2/c1-5-20-13-8-7-12(9-14(13)21-6-2)15-11(3)16(17-4)19-10-18-15/h7-10H,5-6H2,1-4H3,(H,17,18,19). The summed E-state index contributed by atoms with van der Waals surface area (Å²) in [6, 6.07) is 5.87. The monoisotopic (exact) mass is 287 g/mol. The van der Waals surface area contributed by atoms with Crippen molar-refractivity contribution < 1.29 is 9.47 Å². The van der Waals surface area contributed by atoms with Gasteiger partial charge < -0.3 is 14.8 Å².